The smallest absolute Gasteiger partial charge is 0.553 e. The fourth-order valence-electron chi connectivity index (χ4n) is 13.8. The summed E-state index contributed by atoms with van der Waals surface area (Å²) in [5, 5.41) is 30.4. The average Bonchev–Trinajstić information content (AvgIpc) is 1.63. The third kappa shape index (κ3) is 29.6. The van der Waals surface area contributed by atoms with Crippen LogP contribution in [0.2, 0.25) is 0 Å². The number of pyridine rings is 4. The predicted octanol–water partition coefficient (Wildman–Crippen LogP) is 14.0. The third-order valence-corrected chi connectivity index (χ3v) is 23.2. The van der Waals surface area contributed by atoms with Crippen molar-refractivity contribution in [3.63, 3.8) is 0 Å². The van der Waals surface area contributed by atoms with E-state index in [1.807, 2.05) is 133 Å². The number of aliphatic carboxylic acids is 1. The molecular weight excluding hydrogens is 2150 g/mol. The monoisotopic (exact) mass is 2240 g/mol. The number of H-pyrrole nitrogens is 4. The molecule has 0 atom stereocenters. The van der Waals surface area contributed by atoms with Crippen molar-refractivity contribution >= 4 is 171 Å². The molecule has 0 aliphatic carbocycles. The molecule has 7 aromatic carbocycles. The number of imidazole rings is 4. The first kappa shape index (κ1) is 109. The molecular formula is C96H95BF6I3N22NaO10. The Labute approximate surface area is 856 Å². The first-order valence-corrected chi connectivity index (χ1v) is 45.5. The van der Waals surface area contributed by atoms with E-state index >= 15 is 0 Å². The maximum Gasteiger partial charge on any atom is 1.00 e. The number of aliphatic hydroxyl groups excluding tert-OH is 1. The number of nitrogen functional groups attached to an aromatic ring is 4. The number of fused-ring (bicyclic) bond motifs is 4. The van der Waals surface area contributed by atoms with Crippen LogP contribution in [0.5, 0.6) is 0 Å². The zero-order valence-corrected chi connectivity index (χ0v) is 85.0. The van der Waals surface area contributed by atoms with Gasteiger partial charge in [-0.05, 0) is 263 Å². The number of benzene rings is 7. The van der Waals surface area contributed by atoms with E-state index in [1.54, 1.807) is 71.7 Å². The van der Waals surface area contributed by atoms with Crippen LogP contribution in [0.3, 0.4) is 0 Å². The van der Waals surface area contributed by atoms with Gasteiger partial charge in [0.2, 0.25) is 0 Å². The Morgan fingerprint density at radius 2 is 0.770 bits per heavy atom. The molecule has 1 saturated heterocycles. The Morgan fingerprint density at radius 1 is 0.439 bits per heavy atom. The van der Waals surface area contributed by atoms with Crippen LogP contribution in [0.25, 0.3) is 107 Å². The SMILES string of the molecule is CCOC(=O)Cc1ccc2nc(-c3cc(I)cnc3N)[nH]c2c1.CO.Cn1cc(-c2cnc(N)c(-c3nc4ccc(CC(=O)CCc5ccc(F)c(F)c5)cc4[nH]3)c2)cn1.Cn1cc(B2OC(C)(C)C(C)(C)O2)cn1.NCc1ccc(F)c(F)c1.Nc1ncc(I)cc1-c1nc2ccc(CC(=O)CCc3ccc(F)c(F)c3)cc2[nH]1.Nc1ncc(I)cc1-c1nc2ccc(CC(=O)O)cc2[nH]1.[NH-]O.[Na+]. The van der Waals surface area contributed by atoms with Crippen LogP contribution in [-0.2, 0) is 92.4 Å². The Bertz CT molecular complexity index is 7190. The molecule has 10 aromatic heterocycles. The molecule has 43 heteroatoms. The average molecular weight is 2250 g/mol. The van der Waals surface area contributed by atoms with Crippen molar-refractivity contribution in [3.05, 3.63) is 292 Å². The van der Waals surface area contributed by atoms with Crippen LogP contribution in [-0.4, -0.2) is 150 Å². The van der Waals surface area contributed by atoms with E-state index in [9.17, 15) is 45.5 Å². The number of aliphatic hydroxyl groups is 1. The number of ketones is 2. The van der Waals surface area contributed by atoms with Gasteiger partial charge in [-0.2, -0.15) is 10.2 Å². The van der Waals surface area contributed by atoms with Gasteiger partial charge >= 0.3 is 48.6 Å². The van der Waals surface area contributed by atoms with Gasteiger partial charge in [0.25, 0.3) is 0 Å². The quantitative estimate of drug-likeness (QED) is 0.00985. The third-order valence-electron chi connectivity index (χ3n) is 21.5. The van der Waals surface area contributed by atoms with E-state index in [4.69, 9.17) is 64.0 Å². The number of ether oxygens (including phenoxy) is 1. The number of nitrogens with zero attached hydrogens (tertiary/aromatic N) is 12. The van der Waals surface area contributed by atoms with Gasteiger partial charge in [0.05, 0.1) is 103 Å². The molecule has 18 N–H and O–H groups in total. The van der Waals surface area contributed by atoms with Crippen LogP contribution in [0.1, 0.15) is 86.4 Å². The standard InChI is InChI=1S/C26H22F2N6O.C22H17F2IN4O.C16H15IN4O2.C14H11IN4O2.C10H17BN2O2.C7H7F2N.CH4O.H2NO.Na/c1-34-14-18(13-31-34)17-11-20(25(29)30-12-17)26-32-23-7-4-16(10-24(23)33-26)8-19(35)5-2-15-3-6-21(27)22(28)9-15;23-17-5-2-12(8-18(17)24)1-4-15(30)7-13-3-6-19-20(9-13)29-22(28-19)16-10-14(25)11-27-21(16)26;1-2-23-14(22)6-9-3-4-12-13(5-9)21-16(20-12)11-7-10(17)8-19-15(11)18;15-8-5-9(13(16)17-6-8)14-18-10-2-1-7(4-12(20)21)3-11(10)19-14;1-9(2)10(3,4)15-11(14-9)8-6-12-13(5)7-8;8-6-2-1-5(4-10)3-7(6)9;2*1-2;/h3-4,6-7,9-14H,2,5,8H2,1H3,(H2,29,30)(H,32,33);2-3,5-6,8-11H,1,4,7H2,(H2,26,27)(H,28,29);3-5,7-8H,2,6H2,1H3,(H2,18,19)(H,20,21);1-3,5-6H,4H2,(H2,16,17)(H,18,19)(H,20,21);6-7H,1-5H3;1-3H,4,10H2;2H,1H3;1-2H;/q;;;;;;;-1;+1. The Hall–Kier alpha value is -12.5. The number of anilines is 4. The molecule has 17 aromatic rings. The topological polar surface area (TPSA) is 512 Å². The summed E-state index contributed by atoms with van der Waals surface area (Å²) in [5.41, 5.74) is 45.5. The molecule has 0 radical (unpaired) electrons. The minimum absolute atomic E-state index is 0. The van der Waals surface area contributed by atoms with Crippen LogP contribution < -0.4 is 63.7 Å². The normalized spacial score (nSPS) is 12.0. The molecule has 0 saturated carbocycles. The number of carbonyl (C=O) groups is 4. The second-order valence-corrected chi connectivity index (χ2v) is 35.8. The predicted molar refractivity (Wildman–Crippen MR) is 541 cm³/mol. The molecule has 716 valence electrons. The van der Waals surface area contributed by atoms with Gasteiger partial charge in [-0.15, -0.1) is 0 Å². The van der Waals surface area contributed by atoms with Gasteiger partial charge in [0.1, 0.15) is 58.1 Å². The maximum absolute atomic E-state index is 13.4. The maximum atomic E-state index is 13.4. The number of halogens is 9. The van der Waals surface area contributed by atoms with Crippen LogP contribution >= 0.6 is 67.8 Å². The number of nitrogens with one attached hydrogen (secondary N) is 5. The summed E-state index contributed by atoms with van der Waals surface area (Å²) in [6, 6.07) is 40.9. The van der Waals surface area contributed by atoms with Crippen molar-refractivity contribution < 1.29 is 105 Å². The molecule has 18 rings (SSSR count). The van der Waals surface area contributed by atoms with E-state index in [2.05, 4.69) is 138 Å². The van der Waals surface area contributed by atoms with E-state index in [-0.39, 0.29) is 110 Å². The number of Topliss-reactive ketones (excluding diaryl/α,β-unsaturated/α-hetero) is 2. The van der Waals surface area contributed by atoms with E-state index in [1.165, 1.54) is 18.2 Å². The number of carbonyl (C=O) groups excluding carboxylic acids is 3. The number of carboxylic acid groups (broad SMARTS) is 1. The molecule has 1 fully saturated rings. The van der Waals surface area contributed by atoms with Gasteiger partial charge < -0.3 is 84.0 Å². The number of aromatic nitrogens is 16. The summed E-state index contributed by atoms with van der Waals surface area (Å²) >= 11 is 6.51. The van der Waals surface area contributed by atoms with Gasteiger partial charge in [-0.1, -0.05) is 42.5 Å². The number of hydrogen-bond acceptors (Lipinski definition) is 24. The van der Waals surface area contributed by atoms with Gasteiger partial charge in [0, 0.05) is 124 Å². The number of hydrogen-bond donors (Lipinski definition) is 12. The zero-order chi connectivity index (χ0) is 100.0. The van der Waals surface area contributed by atoms with Crippen LogP contribution in [0.15, 0.2) is 201 Å². The first-order valence-electron chi connectivity index (χ1n) is 42.3. The van der Waals surface area contributed by atoms with Crippen molar-refractivity contribution in [2.45, 2.75) is 104 Å². The molecule has 0 spiro atoms. The van der Waals surface area contributed by atoms with Crippen molar-refractivity contribution in [2.75, 3.05) is 36.7 Å². The Balaban J connectivity index is 0.000000176. The minimum atomic E-state index is -0.905. The fourth-order valence-corrected chi connectivity index (χ4v) is 15.2. The number of aromatic amines is 4. The fraction of sp³-hybridized carbons (Fsp3) is 0.208. The van der Waals surface area contributed by atoms with E-state index in [0.29, 0.717) is 88.3 Å². The summed E-state index contributed by atoms with van der Waals surface area (Å²) in [4.78, 5) is 95.1. The summed E-state index contributed by atoms with van der Waals surface area (Å²) in [7, 11) is 4.43. The van der Waals surface area contributed by atoms with Crippen molar-refractivity contribution in [2.24, 2.45) is 19.8 Å². The largest absolute Gasteiger partial charge is 1.00 e. The van der Waals surface area contributed by atoms with Crippen molar-refractivity contribution in [1.29, 1.82) is 0 Å². The summed E-state index contributed by atoms with van der Waals surface area (Å²) < 4.78 is 100. The molecule has 139 heavy (non-hydrogen) atoms. The molecule has 11 heterocycles. The molecule has 0 bridgehead atoms. The van der Waals surface area contributed by atoms with Gasteiger partial charge in [0.15, 0.2) is 34.9 Å². The van der Waals surface area contributed by atoms with Crippen molar-refractivity contribution in [3.8, 4) is 56.7 Å². The summed E-state index contributed by atoms with van der Waals surface area (Å²) in [6.07, 6.45) is 16.0. The Kier molecular flexibility index (Phi) is 38.9. The van der Waals surface area contributed by atoms with Crippen molar-refractivity contribution in [1.82, 2.24) is 79.4 Å². The molecule has 0 amide bonds. The first-order chi connectivity index (χ1) is 65.9. The summed E-state index contributed by atoms with van der Waals surface area (Å²) in [6.45, 7) is 10.6. The van der Waals surface area contributed by atoms with Crippen LogP contribution in [0, 0.1) is 45.6 Å². The van der Waals surface area contributed by atoms with Gasteiger partial charge in [-0.3, -0.25) is 28.5 Å². The number of carboxylic acids is 1. The molecule has 0 unspecified atom stereocenters. The summed E-state index contributed by atoms with van der Waals surface area (Å²) in [5.74, 6) is 2.47. The number of nitrogens with two attached hydrogens (primary N) is 5. The second-order valence-electron chi connectivity index (χ2n) is 32.0. The van der Waals surface area contributed by atoms with Gasteiger partial charge in [-0.25, -0.2) is 66.2 Å². The molecule has 1 aliphatic heterocycles. The molecule has 1 aliphatic rings. The number of rotatable bonds is 22. The molecule has 32 nitrogen and oxygen atoms in total. The number of esters is 1. The Morgan fingerprint density at radius 3 is 1.11 bits per heavy atom. The van der Waals surface area contributed by atoms with Crippen LogP contribution in [0.4, 0.5) is 49.6 Å². The minimum Gasteiger partial charge on any atom is -0.553 e. The van der Waals surface area contributed by atoms with E-state index < -0.39 is 40.9 Å². The second kappa shape index (κ2) is 49.9. The zero-order valence-electron chi connectivity index (χ0n) is 76.6. The number of aryl methyl sites for hydroxylation is 4. The van der Waals surface area contributed by atoms with E-state index in [0.717, 1.165) is 154 Å².